The number of carbonyl (C=O) groups is 1. The highest BCUT2D eigenvalue weighted by molar-refractivity contribution is 7.89. The third kappa shape index (κ3) is 5.89. The van der Waals surface area contributed by atoms with Gasteiger partial charge in [0, 0.05) is 31.1 Å². The molecule has 1 saturated heterocycles. The Labute approximate surface area is 221 Å². The van der Waals surface area contributed by atoms with Crippen molar-refractivity contribution in [3.63, 3.8) is 0 Å². The van der Waals surface area contributed by atoms with Gasteiger partial charge in [0.25, 0.3) is 0 Å². The fourth-order valence-corrected chi connectivity index (χ4v) is 6.64. The summed E-state index contributed by atoms with van der Waals surface area (Å²) in [4.78, 5) is 18.0. The molecule has 198 valence electrons. The van der Waals surface area contributed by atoms with E-state index in [1.165, 1.54) is 15.6 Å². The van der Waals surface area contributed by atoms with Crippen molar-refractivity contribution in [3.05, 3.63) is 47.3 Å². The summed E-state index contributed by atoms with van der Waals surface area (Å²) < 4.78 is 39.2. The number of amides is 1. The number of benzene rings is 2. The first kappa shape index (κ1) is 26.9. The first-order valence-corrected chi connectivity index (χ1v) is 14.4. The lowest BCUT2D eigenvalue weighted by atomic mass is 9.98. The van der Waals surface area contributed by atoms with E-state index in [0.717, 1.165) is 22.0 Å². The molecule has 0 spiro atoms. The van der Waals surface area contributed by atoms with Crippen molar-refractivity contribution >= 4 is 38.1 Å². The van der Waals surface area contributed by atoms with Crippen LogP contribution in [0, 0.1) is 12.8 Å². The minimum absolute atomic E-state index is 0.111. The van der Waals surface area contributed by atoms with Crippen LogP contribution >= 0.6 is 11.3 Å². The molecule has 1 amide bonds. The van der Waals surface area contributed by atoms with Gasteiger partial charge in [0.2, 0.25) is 15.9 Å². The number of rotatable bonds is 9. The van der Waals surface area contributed by atoms with Gasteiger partial charge in [-0.25, -0.2) is 13.4 Å². The topological polar surface area (TPSA) is 110 Å². The van der Waals surface area contributed by atoms with Crippen LogP contribution in [0.1, 0.15) is 25.3 Å². The second-order valence-corrected chi connectivity index (χ2v) is 11.6. The Kier molecular flexibility index (Phi) is 8.35. The van der Waals surface area contributed by atoms with Gasteiger partial charge in [-0.15, -0.1) is 11.3 Å². The highest BCUT2D eigenvalue weighted by Gasteiger charge is 2.34. The van der Waals surface area contributed by atoms with E-state index in [2.05, 4.69) is 15.6 Å². The zero-order valence-corrected chi connectivity index (χ0v) is 23.0. The predicted octanol–water partition coefficient (Wildman–Crippen LogP) is 4.61. The molecule has 37 heavy (non-hydrogen) atoms. The molecule has 1 aliphatic heterocycles. The van der Waals surface area contributed by atoms with Crippen LogP contribution in [-0.4, -0.2) is 57.5 Å². The maximum Gasteiger partial charge on any atom is 0.243 e. The SMILES string of the molecule is CCOc1ccc(S(=O)(=O)N2CCC[C@@H](C(=O)Nc3cc(-c4csc(NC)n4)ccc3OC)C2)cc1C. The smallest absolute Gasteiger partial charge is 0.243 e. The average molecular weight is 545 g/mol. The summed E-state index contributed by atoms with van der Waals surface area (Å²) in [6.45, 7) is 4.69. The Bertz CT molecular complexity index is 1370. The van der Waals surface area contributed by atoms with Gasteiger partial charge >= 0.3 is 0 Å². The molecule has 2 N–H and O–H groups in total. The fraction of sp³-hybridized carbons (Fsp3) is 0.385. The maximum atomic E-state index is 13.4. The largest absolute Gasteiger partial charge is 0.495 e. The number of aryl methyl sites for hydroxylation is 1. The summed E-state index contributed by atoms with van der Waals surface area (Å²) in [6.07, 6.45) is 1.19. The third-order valence-corrected chi connectivity index (χ3v) is 9.03. The maximum absolute atomic E-state index is 13.4. The molecule has 1 aromatic heterocycles. The lowest BCUT2D eigenvalue weighted by molar-refractivity contribution is -0.120. The molecule has 1 atom stereocenters. The number of hydrogen-bond donors (Lipinski definition) is 2. The van der Waals surface area contributed by atoms with Gasteiger partial charge in [-0.1, -0.05) is 0 Å². The van der Waals surface area contributed by atoms with E-state index in [-0.39, 0.29) is 17.3 Å². The number of hydrogen-bond acceptors (Lipinski definition) is 8. The zero-order chi connectivity index (χ0) is 26.6. The number of thiazole rings is 1. The number of carbonyl (C=O) groups excluding carboxylic acids is 1. The summed E-state index contributed by atoms with van der Waals surface area (Å²) in [5.41, 5.74) is 2.90. The number of piperidine rings is 1. The van der Waals surface area contributed by atoms with Crippen LogP contribution in [0.25, 0.3) is 11.3 Å². The standard InChI is InChI=1S/C26H32N4O5S2/c1-5-35-23-11-9-20(13-17(23)2)37(32,33)30-12-6-7-19(15-30)25(31)28-21-14-18(8-10-24(21)34-4)22-16-36-26(27-3)29-22/h8-11,13-14,16,19H,5-7,12,15H2,1-4H3,(H,27,29)(H,28,31)/t19-/m1/s1. The van der Waals surface area contributed by atoms with E-state index in [9.17, 15) is 13.2 Å². The molecular weight excluding hydrogens is 512 g/mol. The van der Waals surface area contributed by atoms with E-state index >= 15 is 0 Å². The van der Waals surface area contributed by atoms with Gasteiger partial charge < -0.3 is 20.1 Å². The van der Waals surface area contributed by atoms with Crippen LogP contribution in [0.3, 0.4) is 0 Å². The molecule has 1 fully saturated rings. The molecule has 2 heterocycles. The summed E-state index contributed by atoms with van der Waals surface area (Å²) >= 11 is 1.49. The molecule has 4 rings (SSSR count). The number of nitrogens with zero attached hydrogens (tertiary/aromatic N) is 2. The monoisotopic (exact) mass is 544 g/mol. The Balaban J connectivity index is 1.51. The molecule has 0 saturated carbocycles. The number of anilines is 2. The van der Waals surface area contributed by atoms with Gasteiger partial charge in [-0.05, 0) is 68.7 Å². The highest BCUT2D eigenvalue weighted by atomic mass is 32.2. The molecule has 3 aromatic rings. The van der Waals surface area contributed by atoms with Gasteiger partial charge in [0.05, 0.1) is 35.9 Å². The Morgan fingerprint density at radius 2 is 2.00 bits per heavy atom. The number of nitrogens with one attached hydrogen (secondary N) is 2. The summed E-state index contributed by atoms with van der Waals surface area (Å²) in [5, 5.41) is 8.71. The van der Waals surface area contributed by atoms with Gasteiger partial charge in [-0.2, -0.15) is 4.31 Å². The first-order chi connectivity index (χ1) is 17.8. The molecule has 2 aromatic carbocycles. The normalized spacial score (nSPS) is 16.3. The van der Waals surface area contributed by atoms with Crippen molar-refractivity contribution < 1.29 is 22.7 Å². The van der Waals surface area contributed by atoms with Crippen LogP contribution in [0.5, 0.6) is 11.5 Å². The number of sulfonamides is 1. The average Bonchev–Trinajstić information content (AvgIpc) is 3.39. The van der Waals surface area contributed by atoms with E-state index in [1.807, 2.05) is 38.4 Å². The van der Waals surface area contributed by atoms with Gasteiger partial charge in [-0.3, -0.25) is 4.79 Å². The van der Waals surface area contributed by atoms with Crippen molar-refractivity contribution in [2.75, 3.05) is 44.5 Å². The lowest BCUT2D eigenvalue weighted by Crippen LogP contribution is -2.43. The molecular formula is C26H32N4O5S2. The molecule has 1 aliphatic rings. The highest BCUT2D eigenvalue weighted by Crippen LogP contribution is 2.33. The van der Waals surface area contributed by atoms with Crippen molar-refractivity contribution in [1.29, 1.82) is 0 Å². The van der Waals surface area contributed by atoms with E-state index < -0.39 is 15.9 Å². The van der Waals surface area contributed by atoms with Crippen molar-refractivity contribution in [1.82, 2.24) is 9.29 Å². The summed E-state index contributed by atoms with van der Waals surface area (Å²) in [6, 6.07) is 10.4. The molecule has 0 bridgehead atoms. The Morgan fingerprint density at radius 1 is 1.22 bits per heavy atom. The molecule has 0 aliphatic carbocycles. The molecule has 11 heteroatoms. The van der Waals surface area contributed by atoms with Gasteiger partial charge in [0.15, 0.2) is 5.13 Å². The van der Waals surface area contributed by atoms with E-state index in [0.29, 0.717) is 43.2 Å². The summed E-state index contributed by atoms with van der Waals surface area (Å²) in [7, 11) is -0.397. The number of ether oxygens (including phenoxy) is 2. The quantitative estimate of drug-likeness (QED) is 0.405. The van der Waals surface area contributed by atoms with E-state index in [1.54, 1.807) is 31.4 Å². The Hall–Kier alpha value is -3.15. The third-order valence-electron chi connectivity index (χ3n) is 6.31. The molecule has 0 radical (unpaired) electrons. The van der Waals surface area contributed by atoms with Crippen molar-refractivity contribution in [3.8, 4) is 22.8 Å². The summed E-state index contributed by atoms with van der Waals surface area (Å²) in [5.74, 6) is 0.447. The predicted molar refractivity (Wildman–Crippen MR) is 146 cm³/mol. The minimum atomic E-state index is -3.75. The second kappa shape index (κ2) is 11.5. The minimum Gasteiger partial charge on any atom is -0.495 e. The van der Waals surface area contributed by atoms with Crippen LogP contribution in [0.15, 0.2) is 46.7 Å². The van der Waals surface area contributed by atoms with Crippen LogP contribution in [0.4, 0.5) is 10.8 Å². The molecule has 9 nitrogen and oxygen atoms in total. The zero-order valence-electron chi connectivity index (χ0n) is 21.4. The molecule has 0 unspecified atom stereocenters. The van der Waals surface area contributed by atoms with Crippen LogP contribution in [-0.2, 0) is 14.8 Å². The number of aromatic nitrogens is 1. The Morgan fingerprint density at radius 3 is 2.68 bits per heavy atom. The van der Waals surface area contributed by atoms with Crippen LogP contribution in [0.2, 0.25) is 0 Å². The fourth-order valence-electron chi connectivity index (χ4n) is 4.34. The second-order valence-electron chi connectivity index (χ2n) is 8.75. The van der Waals surface area contributed by atoms with Crippen molar-refractivity contribution in [2.24, 2.45) is 5.92 Å². The van der Waals surface area contributed by atoms with E-state index in [4.69, 9.17) is 9.47 Å². The number of methoxy groups -OCH3 is 1. The van der Waals surface area contributed by atoms with Crippen molar-refractivity contribution in [2.45, 2.75) is 31.6 Å². The van der Waals surface area contributed by atoms with Gasteiger partial charge in [0.1, 0.15) is 11.5 Å². The van der Waals surface area contributed by atoms with Crippen LogP contribution < -0.4 is 20.1 Å². The first-order valence-electron chi connectivity index (χ1n) is 12.1. The lowest BCUT2D eigenvalue weighted by Gasteiger charge is -2.31.